The van der Waals surface area contributed by atoms with Crippen molar-refractivity contribution < 1.29 is 51.4 Å². The Kier molecular flexibility index (Phi) is 3.15. The number of benzene rings is 1. The molecular weight excluding hydrogens is 163 g/mol. The van der Waals surface area contributed by atoms with Crippen LogP contribution in [0.1, 0.15) is 5.56 Å². The molecule has 0 spiro atoms. The van der Waals surface area contributed by atoms with E-state index in [9.17, 15) is 0 Å². The molecule has 2 rings (SSSR count). The minimum absolute atomic E-state index is 0. The largest absolute Gasteiger partial charge is 1.00 e. The molecule has 2 nitrogen and oxygen atoms in total. The molecule has 0 unspecified atom stereocenters. The van der Waals surface area contributed by atoms with Crippen LogP contribution in [0.4, 0.5) is 0 Å². The summed E-state index contributed by atoms with van der Waals surface area (Å²) in [5.41, 5.74) is 2.06. The summed E-state index contributed by atoms with van der Waals surface area (Å²) >= 11 is 0. The monoisotopic (exact) mass is 170 g/mol. The molecule has 1 aromatic carbocycles. The quantitative estimate of drug-likeness (QED) is 0.388. The fourth-order valence-corrected chi connectivity index (χ4v) is 0.984. The molecule has 0 bridgehead atoms. The molecular formula is C8H7KN2. The predicted octanol–water partition coefficient (Wildman–Crippen LogP) is -1.25. The van der Waals surface area contributed by atoms with Gasteiger partial charge < -0.3 is 0 Å². The molecule has 2 aromatic rings. The van der Waals surface area contributed by atoms with Gasteiger partial charge in [-0.1, -0.05) is 0 Å². The van der Waals surface area contributed by atoms with Gasteiger partial charge >= 0.3 is 51.4 Å². The van der Waals surface area contributed by atoms with Gasteiger partial charge in [0.2, 0.25) is 0 Å². The zero-order chi connectivity index (χ0) is 6.97. The SMILES string of the molecule is [CH2-]c1ccc2cn[nH]c2c1.[K+]. The normalized spacial score (nSPS) is 9.45. The second-order valence-corrected chi connectivity index (χ2v) is 2.29. The molecule has 11 heavy (non-hydrogen) atoms. The van der Waals surface area contributed by atoms with E-state index in [4.69, 9.17) is 0 Å². The maximum absolute atomic E-state index is 3.89. The third kappa shape index (κ3) is 1.86. The Morgan fingerprint density at radius 1 is 1.36 bits per heavy atom. The topological polar surface area (TPSA) is 28.7 Å². The van der Waals surface area contributed by atoms with Crippen molar-refractivity contribution in [2.75, 3.05) is 0 Å². The van der Waals surface area contributed by atoms with Crippen LogP contribution in [0.2, 0.25) is 0 Å². The van der Waals surface area contributed by atoms with Crippen LogP contribution in [0.25, 0.3) is 10.9 Å². The first-order valence-corrected chi connectivity index (χ1v) is 3.11. The van der Waals surface area contributed by atoms with E-state index in [1.165, 1.54) is 0 Å². The van der Waals surface area contributed by atoms with E-state index in [2.05, 4.69) is 17.1 Å². The summed E-state index contributed by atoms with van der Waals surface area (Å²) < 4.78 is 0. The molecule has 1 heterocycles. The summed E-state index contributed by atoms with van der Waals surface area (Å²) in [5.74, 6) is 0. The summed E-state index contributed by atoms with van der Waals surface area (Å²) in [6, 6.07) is 5.95. The van der Waals surface area contributed by atoms with Crippen LogP contribution in [0.5, 0.6) is 0 Å². The van der Waals surface area contributed by atoms with Crippen LogP contribution in [0, 0.1) is 6.92 Å². The molecule has 0 saturated carbocycles. The Balaban J connectivity index is 0.000000605. The van der Waals surface area contributed by atoms with Crippen LogP contribution < -0.4 is 51.4 Å². The van der Waals surface area contributed by atoms with Gasteiger partial charge in [-0.3, -0.25) is 5.10 Å². The molecule has 0 atom stereocenters. The second kappa shape index (κ2) is 3.73. The zero-order valence-electron chi connectivity index (χ0n) is 6.46. The van der Waals surface area contributed by atoms with Gasteiger partial charge in [-0.25, -0.2) is 0 Å². The maximum atomic E-state index is 3.89. The van der Waals surface area contributed by atoms with Crippen molar-refractivity contribution in [3.63, 3.8) is 0 Å². The van der Waals surface area contributed by atoms with Gasteiger partial charge in [0, 0.05) is 5.52 Å². The standard InChI is InChI=1S/C8H7N2.K/c1-6-2-3-7-5-9-10-8(7)4-6;/h2-5H,1H2,(H,9,10);/q-1;+1. The second-order valence-electron chi connectivity index (χ2n) is 2.29. The number of hydrogen-bond acceptors (Lipinski definition) is 1. The minimum atomic E-state index is 0. The average Bonchev–Trinajstić information content (AvgIpc) is 2.33. The van der Waals surface area contributed by atoms with Crippen molar-refractivity contribution >= 4 is 10.9 Å². The maximum Gasteiger partial charge on any atom is 1.00 e. The Bertz CT molecular complexity index is 354. The van der Waals surface area contributed by atoms with Crippen molar-refractivity contribution in [2.45, 2.75) is 0 Å². The smallest absolute Gasteiger partial charge is 0.290 e. The molecule has 3 heteroatoms. The van der Waals surface area contributed by atoms with Gasteiger partial charge in [-0.2, -0.15) is 23.7 Å². The van der Waals surface area contributed by atoms with E-state index >= 15 is 0 Å². The molecule has 1 N–H and O–H groups in total. The molecule has 0 fully saturated rings. The van der Waals surface area contributed by atoms with Crippen LogP contribution >= 0.6 is 0 Å². The zero-order valence-corrected chi connectivity index (χ0v) is 9.59. The molecule has 1 aromatic heterocycles. The number of hydrogen-bond donors (Lipinski definition) is 1. The first kappa shape index (κ1) is 9.29. The predicted molar refractivity (Wildman–Crippen MR) is 40.6 cm³/mol. The van der Waals surface area contributed by atoms with E-state index in [0.717, 1.165) is 16.5 Å². The van der Waals surface area contributed by atoms with Crippen LogP contribution in [0.15, 0.2) is 24.4 Å². The van der Waals surface area contributed by atoms with Crippen molar-refractivity contribution in [1.82, 2.24) is 10.2 Å². The number of aromatic amines is 1. The van der Waals surface area contributed by atoms with Crippen molar-refractivity contribution in [3.05, 3.63) is 36.9 Å². The van der Waals surface area contributed by atoms with E-state index in [1.807, 2.05) is 18.2 Å². The van der Waals surface area contributed by atoms with Crippen LogP contribution in [-0.4, -0.2) is 10.2 Å². The fraction of sp³-hybridized carbons (Fsp3) is 0. The van der Waals surface area contributed by atoms with Crippen LogP contribution in [-0.2, 0) is 0 Å². The molecule has 0 amide bonds. The number of fused-ring (bicyclic) bond motifs is 1. The van der Waals surface area contributed by atoms with Gasteiger partial charge in [0.1, 0.15) is 0 Å². The fourth-order valence-electron chi connectivity index (χ4n) is 0.984. The van der Waals surface area contributed by atoms with Gasteiger partial charge in [0.05, 0.1) is 6.20 Å². The average molecular weight is 170 g/mol. The Labute approximate surface area is 108 Å². The number of H-pyrrole nitrogens is 1. The first-order chi connectivity index (χ1) is 4.86. The van der Waals surface area contributed by atoms with Crippen molar-refractivity contribution in [1.29, 1.82) is 0 Å². The Morgan fingerprint density at radius 3 is 3.00 bits per heavy atom. The molecule has 0 radical (unpaired) electrons. The summed E-state index contributed by atoms with van der Waals surface area (Å²) in [4.78, 5) is 0. The van der Waals surface area contributed by atoms with Gasteiger partial charge in [-0.05, 0) is 5.39 Å². The molecule has 0 aliphatic heterocycles. The Morgan fingerprint density at radius 2 is 2.18 bits per heavy atom. The number of aromatic nitrogens is 2. The third-order valence-corrected chi connectivity index (χ3v) is 1.51. The van der Waals surface area contributed by atoms with Gasteiger partial charge in [-0.15, -0.1) is 12.1 Å². The van der Waals surface area contributed by atoms with E-state index in [1.54, 1.807) is 6.20 Å². The molecule has 0 saturated heterocycles. The van der Waals surface area contributed by atoms with Gasteiger partial charge in [0.25, 0.3) is 0 Å². The summed E-state index contributed by atoms with van der Waals surface area (Å²) in [6.45, 7) is 3.80. The first-order valence-electron chi connectivity index (χ1n) is 3.11. The Hall–Kier alpha value is 0.196. The van der Waals surface area contributed by atoms with Crippen LogP contribution in [0.3, 0.4) is 0 Å². The van der Waals surface area contributed by atoms with Crippen molar-refractivity contribution in [2.24, 2.45) is 0 Å². The summed E-state index contributed by atoms with van der Waals surface area (Å²) in [5, 5.41) is 7.89. The number of nitrogens with one attached hydrogen (secondary N) is 1. The van der Waals surface area contributed by atoms with Gasteiger partial charge in [0.15, 0.2) is 0 Å². The van der Waals surface area contributed by atoms with E-state index in [0.29, 0.717) is 0 Å². The van der Waals surface area contributed by atoms with E-state index < -0.39 is 0 Å². The number of nitrogens with zero attached hydrogens (tertiary/aromatic N) is 1. The molecule has 0 aliphatic carbocycles. The summed E-state index contributed by atoms with van der Waals surface area (Å²) in [6.07, 6.45) is 1.80. The molecule has 0 aliphatic rings. The van der Waals surface area contributed by atoms with Crippen molar-refractivity contribution in [3.8, 4) is 0 Å². The molecule has 50 valence electrons. The summed E-state index contributed by atoms with van der Waals surface area (Å²) in [7, 11) is 0. The minimum Gasteiger partial charge on any atom is -0.290 e. The third-order valence-electron chi connectivity index (χ3n) is 1.51. The van der Waals surface area contributed by atoms with E-state index in [-0.39, 0.29) is 51.4 Å². The number of rotatable bonds is 0.